The van der Waals surface area contributed by atoms with Gasteiger partial charge in [-0.25, -0.2) is 0 Å². The van der Waals surface area contributed by atoms with Crippen molar-refractivity contribution in [2.45, 2.75) is 38.5 Å². The highest BCUT2D eigenvalue weighted by Gasteiger charge is 2.27. The lowest BCUT2D eigenvalue weighted by atomic mass is 9.98. The summed E-state index contributed by atoms with van der Waals surface area (Å²) in [4.78, 5) is 16.9. The lowest BCUT2D eigenvalue weighted by Crippen LogP contribution is -2.51. The maximum atomic E-state index is 12.5. The molecule has 104 valence electrons. The summed E-state index contributed by atoms with van der Waals surface area (Å²) < 4.78 is 0. The Bertz CT molecular complexity index is 254. The van der Waals surface area contributed by atoms with Gasteiger partial charge in [0.1, 0.15) is 0 Å². The van der Waals surface area contributed by atoms with E-state index in [2.05, 4.69) is 9.80 Å². The van der Waals surface area contributed by atoms with Crippen molar-refractivity contribution >= 4 is 5.91 Å². The number of carbonyl (C=O) groups is 1. The average Bonchev–Trinajstić information content (AvgIpc) is 2.68. The van der Waals surface area contributed by atoms with Gasteiger partial charge in [-0.05, 0) is 12.8 Å². The minimum absolute atomic E-state index is 0.313. The quantitative estimate of drug-likeness (QED) is 0.765. The van der Waals surface area contributed by atoms with Crippen LogP contribution in [0.3, 0.4) is 0 Å². The molecular weight excluding hydrogens is 226 g/mol. The van der Waals surface area contributed by atoms with Crippen LogP contribution in [0, 0.1) is 5.92 Å². The first-order chi connectivity index (χ1) is 8.81. The molecule has 1 saturated carbocycles. The molecule has 0 radical (unpaired) electrons. The molecule has 0 unspecified atom stereocenters. The van der Waals surface area contributed by atoms with Gasteiger partial charge in [0.2, 0.25) is 5.91 Å². The smallest absolute Gasteiger partial charge is 0.225 e. The zero-order valence-corrected chi connectivity index (χ0v) is 11.4. The number of hydrogen-bond acceptors (Lipinski definition) is 3. The number of nitrogens with zero attached hydrogens (tertiary/aromatic N) is 2. The highest BCUT2D eigenvalue weighted by Crippen LogP contribution is 2.25. The van der Waals surface area contributed by atoms with Gasteiger partial charge in [-0.1, -0.05) is 25.7 Å². The standard InChI is InChI=1S/C14H27N3O/c15-7-8-16-9-11-17(12-10-16)14(18)13-5-3-1-2-4-6-13/h13H,1-12,15H2. The normalized spacial score (nSPS) is 23.9. The van der Waals surface area contributed by atoms with Crippen LogP contribution >= 0.6 is 0 Å². The largest absolute Gasteiger partial charge is 0.340 e. The maximum Gasteiger partial charge on any atom is 0.225 e. The summed E-state index contributed by atoms with van der Waals surface area (Å²) in [5, 5.41) is 0. The van der Waals surface area contributed by atoms with Gasteiger partial charge < -0.3 is 10.6 Å². The fraction of sp³-hybridized carbons (Fsp3) is 0.929. The van der Waals surface area contributed by atoms with Crippen molar-refractivity contribution < 1.29 is 4.79 Å². The average molecular weight is 253 g/mol. The highest BCUT2D eigenvalue weighted by molar-refractivity contribution is 5.79. The minimum atomic E-state index is 0.313. The first-order valence-corrected chi connectivity index (χ1v) is 7.52. The van der Waals surface area contributed by atoms with E-state index in [1.54, 1.807) is 0 Å². The van der Waals surface area contributed by atoms with E-state index in [0.29, 0.717) is 11.8 Å². The van der Waals surface area contributed by atoms with Crippen LogP contribution in [0.1, 0.15) is 38.5 Å². The number of carbonyl (C=O) groups excluding carboxylic acids is 1. The van der Waals surface area contributed by atoms with Crippen molar-refractivity contribution in [3.63, 3.8) is 0 Å². The topological polar surface area (TPSA) is 49.6 Å². The molecule has 0 aromatic carbocycles. The molecule has 0 aromatic heterocycles. The molecule has 2 aliphatic rings. The van der Waals surface area contributed by atoms with E-state index in [0.717, 1.165) is 52.1 Å². The Morgan fingerprint density at radius 3 is 2.17 bits per heavy atom. The predicted molar refractivity (Wildman–Crippen MR) is 73.3 cm³/mol. The van der Waals surface area contributed by atoms with Gasteiger partial charge in [0, 0.05) is 45.2 Å². The minimum Gasteiger partial charge on any atom is -0.340 e. The monoisotopic (exact) mass is 253 g/mol. The Morgan fingerprint density at radius 1 is 1.00 bits per heavy atom. The highest BCUT2D eigenvalue weighted by atomic mass is 16.2. The van der Waals surface area contributed by atoms with Gasteiger partial charge in [-0.3, -0.25) is 9.69 Å². The second kappa shape index (κ2) is 7.10. The molecule has 4 nitrogen and oxygen atoms in total. The van der Waals surface area contributed by atoms with E-state index < -0.39 is 0 Å². The molecule has 18 heavy (non-hydrogen) atoms. The Morgan fingerprint density at radius 2 is 1.61 bits per heavy atom. The summed E-state index contributed by atoms with van der Waals surface area (Å²) in [6.45, 7) is 5.47. The molecule has 0 bridgehead atoms. The number of hydrogen-bond donors (Lipinski definition) is 1. The molecule has 2 N–H and O–H groups in total. The molecule has 0 spiro atoms. The van der Waals surface area contributed by atoms with Crippen LogP contribution in [-0.4, -0.2) is 55.0 Å². The third kappa shape index (κ3) is 3.69. The van der Waals surface area contributed by atoms with Crippen molar-refractivity contribution in [1.29, 1.82) is 0 Å². The number of nitrogens with two attached hydrogens (primary N) is 1. The molecule has 1 saturated heterocycles. The van der Waals surface area contributed by atoms with Crippen molar-refractivity contribution in [1.82, 2.24) is 9.80 Å². The number of amides is 1. The lowest BCUT2D eigenvalue weighted by Gasteiger charge is -2.36. The Balaban J connectivity index is 1.79. The Hall–Kier alpha value is -0.610. The molecule has 1 amide bonds. The molecule has 1 aliphatic carbocycles. The maximum absolute atomic E-state index is 12.5. The van der Waals surface area contributed by atoms with Crippen LogP contribution in [0.2, 0.25) is 0 Å². The van der Waals surface area contributed by atoms with E-state index in [1.807, 2.05) is 0 Å². The van der Waals surface area contributed by atoms with E-state index >= 15 is 0 Å². The lowest BCUT2D eigenvalue weighted by molar-refractivity contribution is -0.137. The van der Waals surface area contributed by atoms with Gasteiger partial charge in [0.05, 0.1) is 0 Å². The molecule has 1 aliphatic heterocycles. The summed E-state index contributed by atoms with van der Waals surface area (Å²) in [7, 11) is 0. The summed E-state index contributed by atoms with van der Waals surface area (Å²) in [6, 6.07) is 0. The van der Waals surface area contributed by atoms with Crippen molar-refractivity contribution in [2.75, 3.05) is 39.3 Å². The van der Waals surface area contributed by atoms with E-state index in [9.17, 15) is 4.79 Å². The summed E-state index contributed by atoms with van der Waals surface area (Å²) >= 11 is 0. The van der Waals surface area contributed by atoms with Crippen molar-refractivity contribution in [3.05, 3.63) is 0 Å². The van der Waals surface area contributed by atoms with Gasteiger partial charge in [-0.15, -0.1) is 0 Å². The van der Waals surface area contributed by atoms with Gasteiger partial charge in [-0.2, -0.15) is 0 Å². The second-order valence-electron chi connectivity index (χ2n) is 5.64. The SMILES string of the molecule is NCCN1CCN(C(=O)C2CCCCCC2)CC1. The predicted octanol–water partition coefficient (Wildman–Crippen LogP) is 1.06. The number of piperazine rings is 1. The van der Waals surface area contributed by atoms with Crippen LogP contribution in [0.15, 0.2) is 0 Å². The summed E-state index contributed by atoms with van der Waals surface area (Å²) in [6.07, 6.45) is 7.33. The van der Waals surface area contributed by atoms with E-state index in [1.165, 1.54) is 25.7 Å². The third-order valence-electron chi connectivity index (χ3n) is 4.33. The fourth-order valence-electron chi connectivity index (χ4n) is 3.16. The summed E-state index contributed by atoms with van der Waals surface area (Å²) in [5.41, 5.74) is 5.57. The van der Waals surface area contributed by atoms with Gasteiger partial charge in [0.25, 0.3) is 0 Å². The number of rotatable bonds is 3. The van der Waals surface area contributed by atoms with Crippen molar-refractivity contribution in [2.24, 2.45) is 11.7 Å². The van der Waals surface area contributed by atoms with Crippen LogP contribution in [0.25, 0.3) is 0 Å². The molecule has 2 fully saturated rings. The van der Waals surface area contributed by atoms with Crippen LogP contribution in [0.5, 0.6) is 0 Å². The van der Waals surface area contributed by atoms with E-state index in [-0.39, 0.29) is 0 Å². The Kier molecular flexibility index (Phi) is 5.45. The van der Waals surface area contributed by atoms with Crippen molar-refractivity contribution in [3.8, 4) is 0 Å². The molecule has 0 atom stereocenters. The fourth-order valence-corrected chi connectivity index (χ4v) is 3.16. The zero-order valence-electron chi connectivity index (χ0n) is 11.4. The third-order valence-corrected chi connectivity index (χ3v) is 4.33. The molecule has 4 heteroatoms. The van der Waals surface area contributed by atoms with Gasteiger partial charge in [0.15, 0.2) is 0 Å². The van der Waals surface area contributed by atoms with E-state index in [4.69, 9.17) is 5.73 Å². The second-order valence-corrected chi connectivity index (χ2v) is 5.64. The first-order valence-electron chi connectivity index (χ1n) is 7.52. The van der Waals surface area contributed by atoms with Gasteiger partial charge >= 0.3 is 0 Å². The molecule has 2 rings (SSSR count). The molecule has 1 heterocycles. The molecule has 0 aromatic rings. The van der Waals surface area contributed by atoms with Crippen LogP contribution in [-0.2, 0) is 4.79 Å². The first kappa shape index (κ1) is 13.8. The summed E-state index contributed by atoms with van der Waals surface area (Å²) in [5.74, 6) is 0.734. The van der Waals surface area contributed by atoms with Crippen LogP contribution in [0.4, 0.5) is 0 Å². The molecular formula is C14H27N3O. The van der Waals surface area contributed by atoms with Crippen LogP contribution < -0.4 is 5.73 Å². The Labute approximate surface area is 110 Å². The zero-order chi connectivity index (χ0) is 12.8.